The van der Waals surface area contributed by atoms with Crippen LogP contribution in [0.15, 0.2) is 18.2 Å². The molecule has 1 aliphatic carbocycles. The average molecular weight is 244 g/mol. The lowest BCUT2D eigenvalue weighted by Gasteiger charge is -2.30. The van der Waals surface area contributed by atoms with Gasteiger partial charge in [0.15, 0.2) is 0 Å². The second kappa shape index (κ2) is 3.23. The van der Waals surface area contributed by atoms with E-state index in [1.54, 1.807) is 0 Å². The van der Waals surface area contributed by atoms with Gasteiger partial charge in [-0.05, 0) is 36.1 Å². The normalized spacial score (nSPS) is 30.9. The van der Waals surface area contributed by atoms with E-state index in [-0.39, 0.29) is 6.61 Å². The number of nitrogens with two attached hydrogens (primary N) is 1. The molecular formula is C12H12F3NO. The number of ether oxygens (including phenoxy) is 1. The number of fused-ring (bicyclic) bond motifs is 2. The van der Waals surface area contributed by atoms with Crippen LogP contribution in [-0.2, 0) is 16.5 Å². The van der Waals surface area contributed by atoms with Gasteiger partial charge >= 0.3 is 6.18 Å². The van der Waals surface area contributed by atoms with Crippen molar-refractivity contribution >= 4 is 0 Å². The van der Waals surface area contributed by atoms with Crippen molar-refractivity contribution in [3.63, 3.8) is 0 Å². The molecule has 2 aliphatic rings. The van der Waals surface area contributed by atoms with Crippen molar-refractivity contribution in [2.75, 3.05) is 6.61 Å². The Balaban J connectivity index is 2.16. The Kier molecular flexibility index (Phi) is 1.89. The van der Waals surface area contributed by atoms with Crippen molar-refractivity contribution in [1.82, 2.24) is 0 Å². The number of hydrogen-bond donors (Lipinski definition) is 1. The molecule has 1 aromatic rings. The van der Waals surface area contributed by atoms with Crippen LogP contribution in [0.1, 0.15) is 36.9 Å². The Morgan fingerprint density at radius 3 is 2.71 bits per heavy atom. The van der Waals surface area contributed by atoms with Crippen LogP contribution in [0.2, 0.25) is 0 Å². The van der Waals surface area contributed by atoms with Gasteiger partial charge in [0.05, 0.1) is 25.2 Å². The fraction of sp³-hybridized carbons (Fsp3) is 0.500. The molecule has 1 spiro atoms. The number of hydrogen-bond acceptors (Lipinski definition) is 2. The van der Waals surface area contributed by atoms with Gasteiger partial charge in [-0.1, -0.05) is 6.07 Å². The summed E-state index contributed by atoms with van der Waals surface area (Å²) in [5.41, 5.74) is 5.29. The van der Waals surface area contributed by atoms with E-state index >= 15 is 0 Å². The fourth-order valence-electron chi connectivity index (χ4n) is 2.28. The third-order valence-electron chi connectivity index (χ3n) is 3.39. The second-order valence-corrected chi connectivity index (χ2v) is 4.57. The Morgan fingerprint density at radius 1 is 1.41 bits per heavy atom. The molecule has 1 heterocycles. The quantitative estimate of drug-likeness (QED) is 0.761. The van der Waals surface area contributed by atoms with Gasteiger partial charge in [-0.25, -0.2) is 0 Å². The van der Waals surface area contributed by atoms with Crippen LogP contribution < -0.4 is 5.73 Å². The molecule has 0 aromatic heterocycles. The third-order valence-corrected chi connectivity index (χ3v) is 3.39. The summed E-state index contributed by atoms with van der Waals surface area (Å²) < 4.78 is 51.5. The van der Waals surface area contributed by atoms with Crippen LogP contribution in [0, 0.1) is 0 Å². The molecule has 3 rings (SSSR count). The van der Waals surface area contributed by atoms with Crippen LogP contribution in [-0.4, -0.2) is 6.61 Å². The lowest BCUT2D eigenvalue weighted by molar-refractivity contribution is -0.137. The summed E-state index contributed by atoms with van der Waals surface area (Å²) in [6.07, 6.45) is -3.00. The van der Waals surface area contributed by atoms with Gasteiger partial charge in [-0.2, -0.15) is 13.2 Å². The lowest BCUT2D eigenvalue weighted by Crippen LogP contribution is -2.31. The molecular weight excluding hydrogens is 231 g/mol. The lowest BCUT2D eigenvalue weighted by atomic mass is 9.91. The zero-order valence-electron chi connectivity index (χ0n) is 9.97. The van der Waals surface area contributed by atoms with E-state index < -0.39 is 23.4 Å². The Morgan fingerprint density at radius 2 is 2.12 bits per heavy atom. The van der Waals surface area contributed by atoms with Gasteiger partial charge in [0.1, 0.15) is 0 Å². The second-order valence-electron chi connectivity index (χ2n) is 4.57. The molecule has 0 saturated heterocycles. The van der Waals surface area contributed by atoms with Crippen molar-refractivity contribution in [2.24, 2.45) is 5.73 Å². The average Bonchev–Trinajstić information content (AvgIpc) is 3.04. The smallest absolute Gasteiger partial charge is 0.368 e. The summed E-state index contributed by atoms with van der Waals surface area (Å²) in [6, 6.07) is 1.91. The molecule has 0 bridgehead atoms. The highest BCUT2D eigenvalue weighted by Gasteiger charge is 2.50. The van der Waals surface area contributed by atoms with E-state index in [9.17, 15) is 13.2 Å². The first-order valence-electron chi connectivity index (χ1n) is 5.90. The Bertz CT molecular complexity index is 509. The van der Waals surface area contributed by atoms with Gasteiger partial charge in [0, 0.05) is 0 Å². The van der Waals surface area contributed by atoms with Crippen LogP contribution in [0.25, 0.3) is 0 Å². The first-order chi connectivity index (χ1) is 8.25. The Hall–Kier alpha value is -1.07. The molecule has 1 aromatic carbocycles. The highest BCUT2D eigenvalue weighted by molar-refractivity contribution is 5.43. The minimum Gasteiger partial charge on any atom is -0.368 e. The van der Waals surface area contributed by atoms with Gasteiger partial charge < -0.3 is 10.5 Å². The zero-order chi connectivity index (χ0) is 13.2. The largest absolute Gasteiger partial charge is 0.416 e. The van der Waals surface area contributed by atoms with Crippen LogP contribution in [0.4, 0.5) is 13.2 Å². The number of halogens is 3. The molecule has 5 heteroatoms. The van der Waals surface area contributed by atoms with E-state index in [4.69, 9.17) is 11.8 Å². The van der Waals surface area contributed by atoms with Gasteiger partial charge in [-0.3, -0.25) is 0 Å². The van der Waals surface area contributed by atoms with Crippen molar-refractivity contribution in [3.8, 4) is 0 Å². The highest BCUT2D eigenvalue weighted by Crippen LogP contribution is 2.54. The van der Waals surface area contributed by atoms with Crippen molar-refractivity contribution in [3.05, 3.63) is 34.9 Å². The fourth-order valence-corrected chi connectivity index (χ4v) is 2.28. The third kappa shape index (κ3) is 1.65. The maximum Gasteiger partial charge on any atom is 0.416 e. The maximum absolute atomic E-state index is 12.7. The van der Waals surface area contributed by atoms with E-state index in [0.29, 0.717) is 24.0 Å². The molecule has 2 nitrogen and oxygen atoms in total. The van der Waals surface area contributed by atoms with Crippen molar-refractivity contribution in [2.45, 2.75) is 30.6 Å². The van der Waals surface area contributed by atoms with E-state index in [1.165, 1.54) is 6.07 Å². The highest BCUT2D eigenvalue weighted by atomic mass is 19.4. The van der Waals surface area contributed by atoms with Crippen molar-refractivity contribution in [1.29, 1.82) is 0 Å². The van der Waals surface area contributed by atoms with E-state index in [0.717, 1.165) is 12.1 Å². The van der Waals surface area contributed by atoms with E-state index in [2.05, 4.69) is 0 Å². The molecule has 1 saturated carbocycles. The maximum atomic E-state index is 12.7. The molecule has 1 atom stereocenters. The summed E-state index contributed by atoms with van der Waals surface area (Å²) in [5, 5.41) is 0. The first-order valence-corrected chi connectivity index (χ1v) is 5.40. The van der Waals surface area contributed by atoms with Crippen LogP contribution in [0.3, 0.4) is 0 Å². The van der Waals surface area contributed by atoms with Crippen LogP contribution >= 0.6 is 0 Å². The number of rotatable bonds is 0. The minimum atomic E-state index is -4.39. The zero-order valence-corrected chi connectivity index (χ0v) is 8.97. The molecule has 1 unspecified atom stereocenters. The minimum absolute atomic E-state index is 0.0192. The predicted octanol–water partition coefficient (Wildman–Crippen LogP) is 2.72. The summed E-state index contributed by atoms with van der Waals surface area (Å²) >= 11 is 0. The summed E-state index contributed by atoms with van der Waals surface area (Å²) in [5.74, 6) is 0. The van der Waals surface area contributed by atoms with Gasteiger partial charge in [-0.15, -0.1) is 0 Å². The summed E-state index contributed by atoms with van der Waals surface area (Å²) in [6.45, 7) is 0.0192. The standard InChI is InChI=1S/C12H12F3NO/c13-12(14,15)7-1-2-8-9(5-7)11(3-4-11)17-6-10(8)16/h1-2,5,10H,3-4,6,16H2/i10D. The molecule has 2 N–H and O–H groups in total. The molecule has 0 radical (unpaired) electrons. The van der Waals surface area contributed by atoms with E-state index in [1.807, 2.05) is 0 Å². The molecule has 1 fully saturated rings. The monoisotopic (exact) mass is 244 g/mol. The first kappa shape index (κ1) is 9.91. The SMILES string of the molecule is [2H]C1(N)COC2(CC2)c2cc(C(F)(F)F)ccc21. The van der Waals surface area contributed by atoms with Crippen molar-refractivity contribution < 1.29 is 19.3 Å². The molecule has 0 amide bonds. The predicted molar refractivity (Wildman–Crippen MR) is 55.2 cm³/mol. The number of benzene rings is 1. The molecule has 17 heavy (non-hydrogen) atoms. The van der Waals surface area contributed by atoms with Crippen LogP contribution in [0.5, 0.6) is 0 Å². The topological polar surface area (TPSA) is 35.2 Å². The Labute approximate surface area is 98.0 Å². The molecule has 1 aliphatic heterocycles. The molecule has 92 valence electrons. The number of alkyl halides is 3. The summed E-state index contributed by atoms with van der Waals surface area (Å²) in [4.78, 5) is 0. The summed E-state index contributed by atoms with van der Waals surface area (Å²) in [7, 11) is 0. The van der Waals surface area contributed by atoms with Gasteiger partial charge in [0.25, 0.3) is 0 Å². The van der Waals surface area contributed by atoms with Gasteiger partial charge in [0.2, 0.25) is 0 Å².